The average Bonchev–Trinajstić information content (AvgIpc) is 3.28. The lowest BCUT2D eigenvalue weighted by Crippen LogP contribution is -2.38. The third-order valence-corrected chi connectivity index (χ3v) is 8.34. The van der Waals surface area contributed by atoms with E-state index in [2.05, 4.69) is 20.1 Å². The number of anilines is 1. The molecular weight excluding hydrogens is 520 g/mol. The van der Waals surface area contributed by atoms with E-state index in [9.17, 15) is 21.6 Å². The Kier molecular flexibility index (Phi) is 7.01. The molecule has 1 aliphatic rings. The van der Waals surface area contributed by atoms with E-state index in [1.54, 1.807) is 23.1 Å². The van der Waals surface area contributed by atoms with Crippen molar-refractivity contribution < 1.29 is 26.3 Å². The van der Waals surface area contributed by atoms with E-state index in [4.69, 9.17) is 4.98 Å². The Bertz CT molecular complexity index is 1520. The number of alkyl halides is 3. The molecule has 0 bridgehead atoms. The fraction of sp³-hybridized carbons (Fsp3) is 0.292. The highest BCUT2D eigenvalue weighted by Crippen LogP contribution is 2.32. The van der Waals surface area contributed by atoms with Gasteiger partial charge in [-0.3, -0.25) is 4.98 Å². The number of halogens is 3. The third-order valence-electron chi connectivity index (χ3n) is 6.43. The molecule has 3 aromatic heterocycles. The minimum absolute atomic E-state index is 0.0299. The Morgan fingerprint density at radius 2 is 1.84 bits per heavy atom. The summed E-state index contributed by atoms with van der Waals surface area (Å²) in [5, 5.41) is 7.84. The molecule has 4 aromatic rings. The number of nitrogens with one attached hydrogen (secondary N) is 1. The van der Waals surface area contributed by atoms with Crippen molar-refractivity contribution in [3.63, 3.8) is 0 Å². The first-order valence-electron chi connectivity index (χ1n) is 11.9. The van der Waals surface area contributed by atoms with Crippen molar-refractivity contribution in [2.75, 3.05) is 18.4 Å². The quantitative estimate of drug-likeness (QED) is 0.357. The monoisotopic (exact) mass is 544 g/mol. The summed E-state index contributed by atoms with van der Waals surface area (Å²) in [6, 6.07) is 10.0. The predicted molar refractivity (Wildman–Crippen MR) is 137 cm³/mol. The predicted octanol–water partition coefficient (Wildman–Crippen LogP) is 2.46. The lowest BCUT2D eigenvalue weighted by molar-refractivity contribution is -0.274. The summed E-state index contributed by atoms with van der Waals surface area (Å²) in [6.07, 6.45) is 1.51. The van der Waals surface area contributed by atoms with Gasteiger partial charge in [-0.15, -0.1) is 13.2 Å². The summed E-state index contributed by atoms with van der Waals surface area (Å²) in [7, 11) is -1.93. The number of rotatable bonds is 7. The number of hydrogen-bond acceptors (Lipinski definition) is 7. The van der Waals surface area contributed by atoms with Crippen LogP contribution in [0.4, 0.5) is 19.0 Å². The first kappa shape index (κ1) is 26.0. The molecule has 4 heterocycles. The Balaban J connectivity index is 1.30. The largest absolute Gasteiger partial charge is 0.573 e. The summed E-state index contributed by atoms with van der Waals surface area (Å²) >= 11 is 0. The zero-order chi connectivity index (χ0) is 26.9. The summed E-state index contributed by atoms with van der Waals surface area (Å²) in [5.74, 6) is 0.333. The van der Waals surface area contributed by atoms with Crippen LogP contribution >= 0.6 is 0 Å². The zero-order valence-corrected chi connectivity index (χ0v) is 21.2. The van der Waals surface area contributed by atoms with Gasteiger partial charge >= 0.3 is 6.36 Å². The molecule has 198 valence electrons. The molecule has 1 N–H and O–H groups in total. The van der Waals surface area contributed by atoms with Crippen molar-refractivity contribution in [2.24, 2.45) is 0 Å². The number of benzene rings is 1. The van der Waals surface area contributed by atoms with Crippen molar-refractivity contribution in [1.29, 1.82) is 0 Å². The Labute approximate surface area is 218 Å². The van der Waals surface area contributed by atoms with Gasteiger partial charge in [0.05, 0.1) is 4.90 Å². The van der Waals surface area contributed by atoms with Crippen LogP contribution in [0.5, 0.6) is 5.75 Å². The first-order valence-corrected chi connectivity index (χ1v) is 13.4. The second-order valence-electron chi connectivity index (χ2n) is 9.04. The lowest BCUT2D eigenvalue weighted by Gasteiger charge is -2.31. The van der Waals surface area contributed by atoms with E-state index >= 15 is 0 Å². The number of ether oxygens (including phenoxy) is 1. The SMILES string of the molecule is Bc1cnn2c(NCc3cccnc3)cc(C3CCN(S(=O)(=O)c4ccc(OC(F)(F)F)cc4)CC3)nc12. The van der Waals surface area contributed by atoms with Gasteiger partial charge in [0, 0.05) is 55.9 Å². The molecule has 0 spiro atoms. The van der Waals surface area contributed by atoms with Crippen LogP contribution in [0.2, 0.25) is 0 Å². The van der Waals surface area contributed by atoms with E-state index in [0.717, 1.165) is 52.5 Å². The summed E-state index contributed by atoms with van der Waals surface area (Å²) in [6.45, 7) is 1.07. The number of sulfonamides is 1. The van der Waals surface area contributed by atoms with Crippen molar-refractivity contribution in [2.45, 2.75) is 36.6 Å². The maximum Gasteiger partial charge on any atom is 0.573 e. The number of hydrogen-bond donors (Lipinski definition) is 1. The Morgan fingerprint density at radius 1 is 1.11 bits per heavy atom. The van der Waals surface area contributed by atoms with Crippen molar-refractivity contribution in [3.05, 3.63) is 72.3 Å². The smallest absolute Gasteiger partial charge is 0.406 e. The van der Waals surface area contributed by atoms with Crippen molar-refractivity contribution in [1.82, 2.24) is 23.9 Å². The summed E-state index contributed by atoms with van der Waals surface area (Å²) in [4.78, 5) is 8.89. The molecular formula is C24H24BF3N6O3S. The molecule has 1 aliphatic heterocycles. The van der Waals surface area contributed by atoms with Gasteiger partial charge < -0.3 is 10.1 Å². The molecule has 9 nitrogen and oxygen atoms in total. The normalized spacial score (nSPS) is 15.6. The Morgan fingerprint density at radius 3 is 2.50 bits per heavy atom. The number of fused-ring (bicyclic) bond motifs is 1. The molecule has 0 amide bonds. The highest BCUT2D eigenvalue weighted by atomic mass is 32.2. The van der Waals surface area contributed by atoms with E-state index in [1.165, 1.54) is 4.31 Å². The van der Waals surface area contributed by atoms with Crippen molar-refractivity contribution in [3.8, 4) is 5.75 Å². The summed E-state index contributed by atoms with van der Waals surface area (Å²) < 4.78 is 70.4. The van der Waals surface area contributed by atoms with Crippen LogP contribution in [0.15, 0.2) is 66.0 Å². The van der Waals surface area contributed by atoms with Gasteiger partial charge in [0.15, 0.2) is 5.65 Å². The van der Waals surface area contributed by atoms with Gasteiger partial charge in [-0.25, -0.2) is 13.4 Å². The molecule has 0 radical (unpaired) electrons. The fourth-order valence-electron chi connectivity index (χ4n) is 4.48. The van der Waals surface area contributed by atoms with Gasteiger partial charge in [-0.2, -0.15) is 13.9 Å². The van der Waals surface area contributed by atoms with E-state index in [0.29, 0.717) is 19.4 Å². The molecule has 0 unspecified atom stereocenters. The number of aromatic nitrogens is 4. The van der Waals surface area contributed by atoms with E-state index in [1.807, 2.05) is 26.0 Å². The molecule has 1 saturated heterocycles. The van der Waals surface area contributed by atoms with Crippen LogP contribution in [0, 0.1) is 0 Å². The maximum absolute atomic E-state index is 13.1. The highest BCUT2D eigenvalue weighted by Gasteiger charge is 2.33. The minimum atomic E-state index is -4.84. The first-order chi connectivity index (χ1) is 18.1. The van der Waals surface area contributed by atoms with Crippen LogP contribution in [-0.4, -0.2) is 59.6 Å². The van der Waals surface area contributed by atoms with Crippen molar-refractivity contribution >= 4 is 34.8 Å². The molecule has 1 fully saturated rings. The van der Waals surface area contributed by atoms with Crippen LogP contribution in [-0.2, 0) is 16.6 Å². The standard InChI is InChI=1S/C24H24BF3N6O3S/c25-20-15-31-34-22(30-14-16-2-1-9-29-13-16)12-21(32-23(20)34)17-7-10-33(11-8-17)38(35,36)19-5-3-18(4-6-19)37-24(26,27)28/h1-6,9,12-13,15,17,30H,7-8,10-11,14,25H2. The van der Waals surface area contributed by atoms with E-state index < -0.39 is 22.1 Å². The molecule has 0 saturated carbocycles. The van der Waals surface area contributed by atoms with E-state index in [-0.39, 0.29) is 23.9 Å². The van der Waals surface area contributed by atoms with Gasteiger partial charge in [-0.1, -0.05) is 6.07 Å². The molecule has 0 atom stereocenters. The minimum Gasteiger partial charge on any atom is -0.406 e. The number of piperidine rings is 1. The zero-order valence-electron chi connectivity index (χ0n) is 20.4. The second kappa shape index (κ2) is 10.3. The lowest BCUT2D eigenvalue weighted by atomic mass is 9.94. The topological polar surface area (TPSA) is 102 Å². The molecule has 1 aromatic carbocycles. The van der Waals surface area contributed by atoms with Crippen LogP contribution in [0.25, 0.3) is 5.65 Å². The molecule has 5 rings (SSSR count). The molecule has 0 aliphatic carbocycles. The average molecular weight is 544 g/mol. The second-order valence-corrected chi connectivity index (χ2v) is 11.0. The Hall–Kier alpha value is -3.65. The third kappa shape index (κ3) is 5.60. The van der Waals surface area contributed by atoms with Crippen LogP contribution in [0.1, 0.15) is 30.0 Å². The van der Waals surface area contributed by atoms with Gasteiger partial charge in [-0.05, 0) is 54.2 Å². The molecule has 14 heteroatoms. The molecule has 38 heavy (non-hydrogen) atoms. The maximum atomic E-state index is 13.1. The highest BCUT2D eigenvalue weighted by molar-refractivity contribution is 7.89. The number of nitrogens with zero attached hydrogens (tertiary/aromatic N) is 5. The van der Waals surface area contributed by atoms with Gasteiger partial charge in [0.1, 0.15) is 19.4 Å². The van der Waals surface area contributed by atoms with Crippen LogP contribution < -0.4 is 15.5 Å². The summed E-state index contributed by atoms with van der Waals surface area (Å²) in [5.41, 5.74) is 3.52. The van der Waals surface area contributed by atoms with Gasteiger partial charge in [0.2, 0.25) is 10.0 Å². The van der Waals surface area contributed by atoms with Gasteiger partial charge in [0.25, 0.3) is 0 Å². The van der Waals surface area contributed by atoms with Crippen LogP contribution in [0.3, 0.4) is 0 Å². The fourth-order valence-corrected chi connectivity index (χ4v) is 5.95. The number of pyridine rings is 1.